The molecule has 4 nitrogen and oxygen atoms in total. The topological polar surface area (TPSA) is 34.0 Å². The second kappa shape index (κ2) is 6.65. The van der Waals surface area contributed by atoms with E-state index in [9.17, 15) is 13.6 Å². The van der Waals surface area contributed by atoms with Crippen molar-refractivity contribution in [1.82, 2.24) is 4.90 Å². The maximum Gasteiger partial charge on any atom is 0.260 e. The number of benzene rings is 1. The zero-order valence-electron chi connectivity index (χ0n) is 11.5. The van der Waals surface area contributed by atoms with E-state index in [0.29, 0.717) is 13.1 Å². The summed E-state index contributed by atoms with van der Waals surface area (Å²) >= 11 is 0. The molecule has 1 aliphatic rings. The fraction of sp³-hybridized carbons (Fsp3) is 0.500. The van der Waals surface area contributed by atoms with E-state index in [4.69, 9.17) is 4.74 Å². The minimum Gasteiger partial charge on any atom is -0.481 e. The van der Waals surface area contributed by atoms with Crippen LogP contribution in [0, 0.1) is 11.6 Å². The highest BCUT2D eigenvalue weighted by Gasteiger charge is 2.20. The third-order valence-electron chi connectivity index (χ3n) is 3.44. The quantitative estimate of drug-likeness (QED) is 0.854. The predicted molar refractivity (Wildman–Crippen MR) is 69.7 cm³/mol. The molecule has 1 aromatic carbocycles. The normalized spacial score (nSPS) is 19.6. The molecule has 1 amide bonds. The van der Waals surface area contributed by atoms with Crippen LogP contribution in [0.3, 0.4) is 0 Å². The van der Waals surface area contributed by atoms with E-state index >= 15 is 0 Å². The lowest BCUT2D eigenvalue weighted by Gasteiger charge is -2.19. The molecule has 110 valence electrons. The maximum atomic E-state index is 13.4. The van der Waals surface area contributed by atoms with Crippen LogP contribution in [0.25, 0.3) is 0 Å². The van der Waals surface area contributed by atoms with Crippen molar-refractivity contribution in [3.63, 3.8) is 0 Å². The zero-order valence-corrected chi connectivity index (χ0v) is 11.5. The number of hydrogen-bond acceptors (Lipinski definition) is 2. The molecular weight excluding hydrogens is 266 g/mol. The summed E-state index contributed by atoms with van der Waals surface area (Å²) in [5.74, 6) is -1.72. The van der Waals surface area contributed by atoms with Crippen molar-refractivity contribution in [3.05, 3.63) is 29.8 Å². The molecule has 0 radical (unpaired) electrons. The molecule has 1 aliphatic heterocycles. The average molecular weight is 285 g/mol. The molecule has 1 aromatic rings. The van der Waals surface area contributed by atoms with Crippen LogP contribution in [-0.4, -0.2) is 50.6 Å². The number of hydrogen-bond donors (Lipinski definition) is 1. The Bertz CT molecular complexity index is 482. The van der Waals surface area contributed by atoms with Gasteiger partial charge in [0.1, 0.15) is 5.82 Å². The number of nitrogens with zero attached hydrogens (tertiary/aromatic N) is 1. The molecule has 0 aromatic heterocycles. The number of likely N-dealkylation sites (N-methyl/N-ethyl adjacent to an activating group) is 1. The number of amides is 1. The van der Waals surface area contributed by atoms with Gasteiger partial charge in [0.2, 0.25) is 0 Å². The van der Waals surface area contributed by atoms with Gasteiger partial charge in [-0.15, -0.1) is 0 Å². The molecule has 1 N–H and O–H groups in total. The lowest BCUT2D eigenvalue weighted by atomic mass is 10.3. The summed E-state index contributed by atoms with van der Waals surface area (Å²) in [7, 11) is 2.10. The smallest absolute Gasteiger partial charge is 0.260 e. The van der Waals surface area contributed by atoms with E-state index in [1.807, 2.05) is 0 Å². The van der Waals surface area contributed by atoms with Crippen LogP contribution in [0.1, 0.15) is 6.42 Å². The molecule has 1 atom stereocenters. The first-order valence-corrected chi connectivity index (χ1v) is 6.73. The molecule has 0 spiro atoms. The third kappa shape index (κ3) is 3.90. The van der Waals surface area contributed by atoms with Gasteiger partial charge in [0.15, 0.2) is 18.2 Å². The molecular formula is C14H19F2N2O2+. The monoisotopic (exact) mass is 285 g/mol. The lowest BCUT2D eigenvalue weighted by Crippen LogP contribution is -3.09. The van der Waals surface area contributed by atoms with Crippen LogP contribution in [0.4, 0.5) is 8.78 Å². The van der Waals surface area contributed by atoms with E-state index in [-0.39, 0.29) is 18.3 Å². The number of halogens is 2. The number of carbonyl (C=O) groups excluding carboxylic acids is 1. The fourth-order valence-electron chi connectivity index (χ4n) is 2.21. The minimum atomic E-state index is -0.794. The number of carbonyl (C=O) groups is 1. The first kappa shape index (κ1) is 14.7. The van der Waals surface area contributed by atoms with Crippen molar-refractivity contribution >= 4 is 5.91 Å². The highest BCUT2D eigenvalue weighted by atomic mass is 19.1. The summed E-state index contributed by atoms with van der Waals surface area (Å²) < 4.78 is 31.2. The molecule has 0 saturated carbocycles. The van der Waals surface area contributed by atoms with Gasteiger partial charge in [-0.25, -0.2) is 8.78 Å². The van der Waals surface area contributed by atoms with Crippen molar-refractivity contribution < 1.29 is 23.2 Å². The van der Waals surface area contributed by atoms with Gasteiger partial charge < -0.3 is 14.5 Å². The Morgan fingerprint density at radius 2 is 2.15 bits per heavy atom. The Hall–Kier alpha value is -1.69. The summed E-state index contributed by atoms with van der Waals surface area (Å²) in [4.78, 5) is 15.1. The standard InChI is InChI=1S/C14H18F2N2O2/c1-17-5-2-6-18(8-7-17)14(19)10-20-13-4-3-11(15)9-12(13)16/h3-4,9H,2,5-8,10H2,1H3/p+1. The van der Waals surface area contributed by atoms with E-state index in [1.165, 1.54) is 11.0 Å². The largest absolute Gasteiger partial charge is 0.481 e. The van der Waals surface area contributed by atoms with Crippen molar-refractivity contribution in [2.75, 3.05) is 39.8 Å². The summed E-state index contributed by atoms with van der Waals surface area (Å²) in [5.41, 5.74) is 0. The third-order valence-corrected chi connectivity index (χ3v) is 3.44. The van der Waals surface area contributed by atoms with Crippen molar-refractivity contribution in [3.8, 4) is 5.75 Å². The molecule has 1 fully saturated rings. The van der Waals surface area contributed by atoms with Crippen LogP contribution < -0.4 is 9.64 Å². The molecule has 20 heavy (non-hydrogen) atoms. The van der Waals surface area contributed by atoms with Gasteiger partial charge in [-0.2, -0.15) is 0 Å². The van der Waals surface area contributed by atoms with E-state index in [0.717, 1.165) is 31.6 Å². The van der Waals surface area contributed by atoms with Crippen molar-refractivity contribution in [1.29, 1.82) is 0 Å². The lowest BCUT2D eigenvalue weighted by molar-refractivity contribution is -0.877. The molecule has 0 aliphatic carbocycles. The minimum absolute atomic E-state index is 0.0997. The second-order valence-electron chi connectivity index (χ2n) is 5.05. The number of rotatable bonds is 3. The van der Waals surface area contributed by atoms with Gasteiger partial charge in [-0.1, -0.05) is 0 Å². The molecule has 0 bridgehead atoms. The number of quaternary nitrogens is 1. The highest BCUT2D eigenvalue weighted by molar-refractivity contribution is 5.77. The summed E-state index contributed by atoms with van der Waals surface area (Å²) in [6.45, 7) is 3.10. The summed E-state index contributed by atoms with van der Waals surface area (Å²) in [6, 6.07) is 3.04. The van der Waals surface area contributed by atoms with Crippen molar-refractivity contribution in [2.45, 2.75) is 6.42 Å². The number of nitrogens with one attached hydrogen (secondary N) is 1. The van der Waals surface area contributed by atoms with Crippen molar-refractivity contribution in [2.24, 2.45) is 0 Å². The maximum absolute atomic E-state index is 13.4. The Balaban J connectivity index is 1.88. The zero-order chi connectivity index (χ0) is 14.5. The summed E-state index contributed by atoms with van der Waals surface area (Å²) in [5, 5.41) is 0. The van der Waals surface area contributed by atoms with Crippen LogP contribution >= 0.6 is 0 Å². The number of ether oxygens (including phenoxy) is 1. The van der Waals surface area contributed by atoms with Gasteiger partial charge in [-0.05, 0) is 12.1 Å². The Labute approximate surface area is 116 Å². The predicted octanol–water partition coefficient (Wildman–Crippen LogP) is 0.0906. The highest BCUT2D eigenvalue weighted by Crippen LogP contribution is 2.17. The molecule has 6 heteroatoms. The van der Waals surface area contributed by atoms with E-state index in [1.54, 1.807) is 4.90 Å². The Kier molecular flexibility index (Phi) is 4.89. The second-order valence-corrected chi connectivity index (χ2v) is 5.05. The van der Waals surface area contributed by atoms with Gasteiger partial charge in [0.25, 0.3) is 5.91 Å². The fourth-order valence-corrected chi connectivity index (χ4v) is 2.21. The van der Waals surface area contributed by atoms with Gasteiger partial charge in [0, 0.05) is 19.0 Å². The van der Waals surface area contributed by atoms with Crippen LogP contribution in [0.15, 0.2) is 18.2 Å². The van der Waals surface area contributed by atoms with Crippen LogP contribution in [-0.2, 0) is 4.79 Å². The van der Waals surface area contributed by atoms with E-state index in [2.05, 4.69) is 7.05 Å². The van der Waals surface area contributed by atoms with Gasteiger partial charge in [-0.3, -0.25) is 4.79 Å². The SMILES string of the molecule is C[NH+]1CCCN(C(=O)COc2ccc(F)cc2F)CC1. The average Bonchev–Trinajstić information content (AvgIpc) is 2.62. The first-order valence-electron chi connectivity index (χ1n) is 6.73. The Morgan fingerprint density at radius 1 is 1.35 bits per heavy atom. The first-order chi connectivity index (χ1) is 9.56. The van der Waals surface area contributed by atoms with E-state index < -0.39 is 11.6 Å². The molecule has 1 heterocycles. The van der Waals surface area contributed by atoms with Crippen LogP contribution in [0.5, 0.6) is 5.75 Å². The molecule has 1 unspecified atom stereocenters. The molecule has 1 saturated heterocycles. The van der Waals surface area contributed by atoms with Gasteiger partial charge in [0.05, 0.1) is 26.7 Å². The molecule has 2 rings (SSSR count). The summed E-state index contributed by atoms with van der Waals surface area (Å²) in [6.07, 6.45) is 0.947. The van der Waals surface area contributed by atoms with Crippen LogP contribution in [0.2, 0.25) is 0 Å². The Morgan fingerprint density at radius 3 is 2.90 bits per heavy atom. The van der Waals surface area contributed by atoms with Gasteiger partial charge >= 0.3 is 0 Å².